The average molecular weight is 385 g/mol. The summed E-state index contributed by atoms with van der Waals surface area (Å²) in [6.45, 7) is 1.78. The molecule has 0 spiro atoms. The molecule has 0 bridgehead atoms. The van der Waals surface area contributed by atoms with E-state index in [1.54, 1.807) is 37.3 Å². The molecule has 3 rings (SSSR count). The molecule has 2 aromatic carbocycles. The average Bonchev–Trinajstić information content (AvgIpc) is 2.65. The molecule has 0 amide bonds. The van der Waals surface area contributed by atoms with Gasteiger partial charge >= 0.3 is 11.9 Å². The molecule has 4 nitrogen and oxygen atoms in total. The Morgan fingerprint density at radius 1 is 1.00 bits per heavy atom. The fourth-order valence-corrected chi connectivity index (χ4v) is 4.12. The fraction of sp³-hybridized carbons (Fsp3) is 0.273. The van der Waals surface area contributed by atoms with Crippen LogP contribution in [0.3, 0.4) is 0 Å². The van der Waals surface area contributed by atoms with Gasteiger partial charge in [-0.05, 0) is 49.4 Å². The fourth-order valence-electron chi connectivity index (χ4n) is 3.99. The van der Waals surface area contributed by atoms with Crippen LogP contribution < -0.4 is 0 Å². The first-order valence-electron chi connectivity index (χ1n) is 8.74. The van der Waals surface area contributed by atoms with E-state index >= 15 is 0 Å². The summed E-state index contributed by atoms with van der Waals surface area (Å²) in [7, 11) is 0. The Balaban J connectivity index is 2.13. The summed E-state index contributed by atoms with van der Waals surface area (Å²) in [5.74, 6) is -2.02. The van der Waals surface area contributed by atoms with Crippen molar-refractivity contribution >= 4 is 23.5 Å². The Labute approximate surface area is 163 Å². The zero-order chi connectivity index (χ0) is 19.7. The number of rotatable bonds is 5. The highest BCUT2D eigenvalue weighted by molar-refractivity contribution is 6.30. The van der Waals surface area contributed by atoms with Crippen LogP contribution in [0.25, 0.3) is 0 Å². The number of carboxylic acids is 2. The van der Waals surface area contributed by atoms with Crippen LogP contribution in [0.5, 0.6) is 0 Å². The van der Waals surface area contributed by atoms with Gasteiger partial charge in [-0.3, -0.25) is 9.59 Å². The SMILES string of the molecule is CC1=CCC(C(=O)O)(c2ccc(Cl)cc2)CC1(Cc1ccccc1)C(=O)O. The number of aliphatic carboxylic acids is 2. The molecule has 1 aliphatic carbocycles. The normalized spacial score (nSPS) is 24.9. The van der Waals surface area contributed by atoms with Gasteiger partial charge in [-0.25, -0.2) is 0 Å². The van der Waals surface area contributed by atoms with Gasteiger partial charge in [-0.1, -0.05) is 65.7 Å². The Morgan fingerprint density at radius 2 is 1.63 bits per heavy atom. The minimum Gasteiger partial charge on any atom is -0.481 e. The number of halogens is 1. The van der Waals surface area contributed by atoms with Crippen LogP contribution in [0.4, 0.5) is 0 Å². The van der Waals surface area contributed by atoms with Gasteiger partial charge in [0.2, 0.25) is 0 Å². The first kappa shape index (κ1) is 19.2. The number of carboxylic acid groups (broad SMARTS) is 2. The summed E-state index contributed by atoms with van der Waals surface area (Å²) in [6.07, 6.45) is 2.25. The lowest BCUT2D eigenvalue weighted by molar-refractivity contribution is -0.152. The number of allylic oxidation sites excluding steroid dienone is 1. The molecule has 5 heteroatoms. The lowest BCUT2D eigenvalue weighted by Crippen LogP contribution is -2.49. The number of hydrogen-bond acceptors (Lipinski definition) is 2. The molecule has 27 heavy (non-hydrogen) atoms. The van der Waals surface area contributed by atoms with Crippen molar-refractivity contribution in [3.63, 3.8) is 0 Å². The maximum Gasteiger partial charge on any atom is 0.314 e. The lowest BCUT2D eigenvalue weighted by Gasteiger charge is -2.43. The Kier molecular flexibility index (Phi) is 5.11. The summed E-state index contributed by atoms with van der Waals surface area (Å²) < 4.78 is 0. The van der Waals surface area contributed by atoms with Crippen molar-refractivity contribution in [2.75, 3.05) is 0 Å². The van der Waals surface area contributed by atoms with E-state index in [1.807, 2.05) is 30.3 Å². The molecular formula is C22H21ClO4. The second-order valence-corrected chi connectivity index (χ2v) is 7.65. The Morgan fingerprint density at radius 3 is 2.19 bits per heavy atom. The van der Waals surface area contributed by atoms with Crippen molar-refractivity contribution in [1.29, 1.82) is 0 Å². The van der Waals surface area contributed by atoms with E-state index in [2.05, 4.69) is 0 Å². The summed E-state index contributed by atoms with van der Waals surface area (Å²) in [5, 5.41) is 20.8. The monoisotopic (exact) mass is 384 g/mol. The largest absolute Gasteiger partial charge is 0.481 e. The number of carbonyl (C=O) groups is 2. The molecule has 2 unspecified atom stereocenters. The molecule has 140 valence electrons. The Hall–Kier alpha value is -2.59. The van der Waals surface area contributed by atoms with Gasteiger partial charge in [0.1, 0.15) is 0 Å². The van der Waals surface area contributed by atoms with Crippen molar-refractivity contribution in [1.82, 2.24) is 0 Å². The van der Waals surface area contributed by atoms with Crippen molar-refractivity contribution in [2.45, 2.75) is 31.6 Å². The third kappa shape index (κ3) is 3.37. The third-order valence-corrected chi connectivity index (χ3v) is 5.93. The van der Waals surface area contributed by atoms with Gasteiger partial charge in [-0.15, -0.1) is 0 Å². The van der Waals surface area contributed by atoms with Gasteiger partial charge in [-0.2, -0.15) is 0 Å². The van der Waals surface area contributed by atoms with E-state index in [9.17, 15) is 19.8 Å². The van der Waals surface area contributed by atoms with E-state index in [-0.39, 0.29) is 19.3 Å². The van der Waals surface area contributed by atoms with Gasteiger partial charge in [0.15, 0.2) is 0 Å². The zero-order valence-electron chi connectivity index (χ0n) is 15.0. The van der Waals surface area contributed by atoms with Gasteiger partial charge in [0, 0.05) is 5.02 Å². The highest BCUT2D eigenvalue weighted by Gasteiger charge is 2.54. The first-order valence-corrected chi connectivity index (χ1v) is 9.12. The van der Waals surface area contributed by atoms with Crippen molar-refractivity contribution in [3.05, 3.63) is 82.4 Å². The molecule has 0 saturated heterocycles. The summed E-state index contributed by atoms with van der Waals surface area (Å²) in [6, 6.07) is 16.0. The van der Waals surface area contributed by atoms with E-state index in [0.717, 1.165) is 5.56 Å². The zero-order valence-corrected chi connectivity index (χ0v) is 15.7. The van der Waals surface area contributed by atoms with Crippen LogP contribution in [0.1, 0.15) is 30.9 Å². The molecule has 2 N–H and O–H groups in total. The molecule has 1 aliphatic rings. The van der Waals surface area contributed by atoms with E-state index in [0.29, 0.717) is 16.2 Å². The molecule has 0 saturated carbocycles. The quantitative estimate of drug-likeness (QED) is 0.731. The van der Waals surface area contributed by atoms with E-state index in [4.69, 9.17) is 11.6 Å². The summed E-state index contributed by atoms with van der Waals surface area (Å²) in [4.78, 5) is 24.8. The standard InChI is InChI=1S/C22H21ClO4/c1-15-11-12-21(19(24)25,17-7-9-18(23)10-8-17)14-22(15,20(26)27)13-16-5-3-2-4-6-16/h2-11H,12-14H2,1H3,(H,24,25)(H,26,27). The summed E-state index contributed by atoms with van der Waals surface area (Å²) in [5.41, 5.74) is -0.453. The maximum absolute atomic E-state index is 12.4. The van der Waals surface area contributed by atoms with Crippen molar-refractivity contribution in [3.8, 4) is 0 Å². The minimum absolute atomic E-state index is 0.0104. The first-order chi connectivity index (χ1) is 12.8. The molecule has 0 aromatic heterocycles. The van der Waals surface area contributed by atoms with E-state index in [1.165, 1.54) is 0 Å². The smallest absolute Gasteiger partial charge is 0.314 e. The van der Waals surface area contributed by atoms with Crippen LogP contribution in [-0.2, 0) is 21.4 Å². The third-order valence-electron chi connectivity index (χ3n) is 5.68. The van der Waals surface area contributed by atoms with Crippen molar-refractivity contribution < 1.29 is 19.8 Å². The highest BCUT2D eigenvalue weighted by atomic mass is 35.5. The molecule has 0 heterocycles. The van der Waals surface area contributed by atoms with Crippen LogP contribution in [-0.4, -0.2) is 22.2 Å². The second-order valence-electron chi connectivity index (χ2n) is 7.21. The lowest BCUT2D eigenvalue weighted by atomic mass is 9.58. The molecule has 2 aromatic rings. The van der Waals surface area contributed by atoms with Crippen LogP contribution in [0.15, 0.2) is 66.2 Å². The molecule has 0 fully saturated rings. The second kappa shape index (κ2) is 7.20. The summed E-state index contributed by atoms with van der Waals surface area (Å²) >= 11 is 5.96. The van der Waals surface area contributed by atoms with Crippen LogP contribution in [0, 0.1) is 5.41 Å². The minimum atomic E-state index is -1.31. The van der Waals surface area contributed by atoms with Gasteiger partial charge < -0.3 is 10.2 Å². The van der Waals surface area contributed by atoms with Gasteiger partial charge in [0.05, 0.1) is 10.8 Å². The van der Waals surface area contributed by atoms with E-state index < -0.39 is 22.8 Å². The van der Waals surface area contributed by atoms with Crippen LogP contribution in [0.2, 0.25) is 5.02 Å². The Bertz CT molecular complexity index is 888. The topological polar surface area (TPSA) is 74.6 Å². The molecular weight excluding hydrogens is 364 g/mol. The van der Waals surface area contributed by atoms with Gasteiger partial charge in [0.25, 0.3) is 0 Å². The van der Waals surface area contributed by atoms with Crippen molar-refractivity contribution in [2.24, 2.45) is 5.41 Å². The number of hydrogen-bond donors (Lipinski definition) is 2. The predicted octanol–water partition coefficient (Wildman–Crippen LogP) is 4.72. The number of benzene rings is 2. The maximum atomic E-state index is 12.4. The molecule has 0 radical (unpaired) electrons. The molecule has 2 atom stereocenters. The highest BCUT2D eigenvalue weighted by Crippen LogP contribution is 2.50. The van der Waals surface area contributed by atoms with Crippen LogP contribution >= 0.6 is 11.6 Å². The molecule has 0 aliphatic heterocycles. The predicted molar refractivity (Wildman–Crippen MR) is 104 cm³/mol.